The number of halogens is 2. The van der Waals surface area contributed by atoms with Crippen LogP contribution in [0.15, 0.2) is 31.9 Å². The SMILES string of the molecule is CCCCCCCCCCCCCCCC1(CCCCCCCCCCCCCCC)Oc2cc3c(cc2-c2sc(Br)cc21)OC(CCCCCCCCCCCCCCC)(CCCCCCCCCCCCCCC)C1C=C(Br)SC31. The minimum Gasteiger partial charge on any atom is -0.486 e. The number of hydrogen-bond acceptors (Lipinski definition) is 4. The Labute approximate surface area is 535 Å². The van der Waals surface area contributed by atoms with Gasteiger partial charge in [-0.1, -0.05) is 342 Å². The van der Waals surface area contributed by atoms with E-state index in [4.69, 9.17) is 9.47 Å². The Morgan fingerprint density at radius 3 is 1.02 bits per heavy atom. The second-order valence-electron chi connectivity index (χ2n) is 26.9. The van der Waals surface area contributed by atoms with Crippen molar-refractivity contribution in [2.75, 3.05) is 0 Å². The Kier molecular flexibility index (Phi) is 40.4. The molecular formula is C76H130Br2O2S2. The average molecular weight is 1300 g/mol. The second kappa shape index (κ2) is 45.8. The summed E-state index contributed by atoms with van der Waals surface area (Å²) in [5.74, 6) is 2.63. The van der Waals surface area contributed by atoms with Crippen molar-refractivity contribution >= 4 is 55.0 Å². The van der Waals surface area contributed by atoms with Crippen LogP contribution in [0, 0.1) is 5.92 Å². The van der Waals surface area contributed by atoms with Crippen LogP contribution in [0.4, 0.5) is 0 Å². The van der Waals surface area contributed by atoms with Crippen molar-refractivity contribution in [3.63, 3.8) is 0 Å². The number of ether oxygens (including phenoxy) is 2. The van der Waals surface area contributed by atoms with E-state index in [1.165, 1.54) is 363 Å². The van der Waals surface area contributed by atoms with Crippen LogP contribution in [-0.2, 0) is 5.60 Å². The fraction of sp³-hybridized carbons (Fsp3) is 0.842. The molecule has 4 heterocycles. The van der Waals surface area contributed by atoms with Gasteiger partial charge in [-0.15, -0.1) is 23.1 Å². The van der Waals surface area contributed by atoms with Crippen LogP contribution in [0.25, 0.3) is 10.4 Å². The fourth-order valence-electron chi connectivity index (χ4n) is 14.5. The van der Waals surface area contributed by atoms with E-state index < -0.39 is 0 Å². The third kappa shape index (κ3) is 27.5. The van der Waals surface area contributed by atoms with Gasteiger partial charge < -0.3 is 9.47 Å². The van der Waals surface area contributed by atoms with Crippen molar-refractivity contribution in [2.24, 2.45) is 5.92 Å². The Morgan fingerprint density at radius 2 is 0.683 bits per heavy atom. The maximum Gasteiger partial charge on any atom is 0.135 e. The fourth-order valence-corrected chi connectivity index (χ4v) is 18.4. The van der Waals surface area contributed by atoms with Crippen LogP contribution < -0.4 is 9.47 Å². The van der Waals surface area contributed by atoms with Crippen molar-refractivity contribution in [1.82, 2.24) is 0 Å². The van der Waals surface area contributed by atoms with Gasteiger partial charge in [0.05, 0.1) is 3.79 Å². The first-order valence-corrected chi connectivity index (χ1v) is 40.1. The van der Waals surface area contributed by atoms with E-state index in [0.29, 0.717) is 11.2 Å². The molecule has 2 atom stereocenters. The summed E-state index contributed by atoms with van der Waals surface area (Å²) in [5, 5.41) is 0.351. The van der Waals surface area contributed by atoms with Crippen LogP contribution in [0.2, 0.25) is 0 Å². The normalized spacial score (nSPS) is 16.6. The Morgan fingerprint density at radius 1 is 0.366 bits per heavy atom. The summed E-state index contributed by atoms with van der Waals surface area (Å²) in [5.41, 5.74) is 3.65. The molecule has 3 aliphatic heterocycles. The largest absolute Gasteiger partial charge is 0.486 e. The number of thioether (sulfide) groups is 1. The van der Waals surface area contributed by atoms with Gasteiger partial charge in [-0.3, -0.25) is 0 Å². The number of thiophene rings is 1. The number of fused-ring (bicyclic) bond motifs is 6. The lowest BCUT2D eigenvalue weighted by Crippen LogP contribution is -2.47. The van der Waals surface area contributed by atoms with Gasteiger partial charge in [-0.25, -0.2) is 0 Å². The zero-order valence-corrected chi connectivity index (χ0v) is 59.3. The minimum atomic E-state index is -0.280. The molecule has 5 rings (SSSR count). The number of hydrogen-bond donors (Lipinski definition) is 0. The predicted molar refractivity (Wildman–Crippen MR) is 375 cm³/mol. The monoisotopic (exact) mass is 1300 g/mol. The smallest absolute Gasteiger partial charge is 0.135 e. The lowest BCUT2D eigenvalue weighted by molar-refractivity contribution is -0.00944. The lowest BCUT2D eigenvalue weighted by atomic mass is 9.73. The van der Waals surface area contributed by atoms with Gasteiger partial charge in [-0.2, -0.15) is 0 Å². The highest BCUT2D eigenvalue weighted by Crippen LogP contribution is 2.64. The molecule has 6 heteroatoms. The highest BCUT2D eigenvalue weighted by Gasteiger charge is 2.52. The topological polar surface area (TPSA) is 18.5 Å². The first kappa shape index (κ1) is 72.3. The quantitative estimate of drug-likeness (QED) is 0.0615. The van der Waals surface area contributed by atoms with Crippen LogP contribution in [0.3, 0.4) is 0 Å². The molecule has 1 aromatic heterocycles. The minimum absolute atomic E-state index is 0.176. The van der Waals surface area contributed by atoms with Gasteiger partial charge in [0.2, 0.25) is 0 Å². The summed E-state index contributed by atoms with van der Waals surface area (Å²) >= 11 is 12.2. The molecule has 0 N–H and O–H groups in total. The molecule has 0 saturated heterocycles. The van der Waals surface area contributed by atoms with Gasteiger partial charge in [0.1, 0.15) is 22.7 Å². The molecule has 0 aliphatic carbocycles. The summed E-state index contributed by atoms with van der Waals surface area (Å²) in [6.45, 7) is 9.30. The molecule has 2 unspecified atom stereocenters. The predicted octanol–water partition coefficient (Wildman–Crippen LogP) is 29.5. The second-order valence-corrected chi connectivity index (χ2v) is 31.9. The summed E-state index contributed by atoms with van der Waals surface area (Å²) < 4.78 is 18.1. The van der Waals surface area contributed by atoms with Gasteiger partial charge >= 0.3 is 0 Å². The van der Waals surface area contributed by atoms with Gasteiger partial charge in [0, 0.05) is 36.5 Å². The highest BCUT2D eigenvalue weighted by atomic mass is 79.9. The van der Waals surface area contributed by atoms with Gasteiger partial charge in [0.25, 0.3) is 0 Å². The summed E-state index contributed by atoms with van der Waals surface area (Å²) in [7, 11) is 0. The zero-order chi connectivity index (χ0) is 58.0. The van der Waals surface area contributed by atoms with Crippen molar-refractivity contribution in [2.45, 2.75) is 404 Å². The van der Waals surface area contributed by atoms with Crippen molar-refractivity contribution in [1.29, 1.82) is 0 Å². The van der Waals surface area contributed by atoms with Crippen LogP contribution in [-0.4, -0.2) is 5.60 Å². The lowest BCUT2D eigenvalue weighted by Gasteiger charge is -2.47. The maximum absolute atomic E-state index is 7.80. The van der Waals surface area contributed by atoms with Crippen molar-refractivity contribution < 1.29 is 9.47 Å². The molecule has 2 aromatic rings. The maximum atomic E-state index is 7.80. The van der Waals surface area contributed by atoms with E-state index >= 15 is 0 Å². The third-order valence-corrected chi connectivity index (χ3v) is 23.4. The molecule has 0 spiro atoms. The van der Waals surface area contributed by atoms with Gasteiger partial charge in [-0.05, 0) is 101 Å². The Hall–Kier alpha value is -0.430. The number of unbranched alkanes of at least 4 members (excludes halogenated alkanes) is 48. The molecule has 472 valence electrons. The van der Waals surface area contributed by atoms with Crippen molar-refractivity contribution in [3.05, 3.63) is 43.0 Å². The van der Waals surface area contributed by atoms with Gasteiger partial charge in [0.15, 0.2) is 0 Å². The number of benzene rings is 1. The summed E-state index contributed by atoms with van der Waals surface area (Å²) in [6.07, 6.45) is 79.5. The molecule has 82 heavy (non-hydrogen) atoms. The molecule has 3 aliphatic rings. The van der Waals surface area contributed by atoms with E-state index in [2.05, 4.69) is 95.6 Å². The molecule has 0 amide bonds. The van der Waals surface area contributed by atoms with E-state index in [1.807, 2.05) is 11.3 Å². The van der Waals surface area contributed by atoms with Crippen LogP contribution in [0.5, 0.6) is 11.5 Å². The molecule has 1 aromatic carbocycles. The summed E-state index contributed by atoms with van der Waals surface area (Å²) in [4.78, 5) is 1.43. The van der Waals surface area contributed by atoms with E-state index in [1.54, 1.807) is 0 Å². The number of rotatable bonds is 56. The third-order valence-electron chi connectivity index (χ3n) is 19.7. The standard InChI is InChI=1S/C76H130Br2O2S2/c1-5-9-13-17-21-25-29-33-37-41-45-49-53-57-75(58-54-50-46-42-38-34-30-26-22-18-14-10-6-2)67-63-71(77)81-73(67)65-62-70-66(61-69(65)79-75)74-68(64-72(78)82-74)76(80-70,59-55-51-47-43-39-35-31-27-23-19-15-11-7-3)60-56-52-48-44-40-36-32-28-24-20-16-12-8-4/h61-64,67,73H,5-60H2,1-4H3. The molecular weight excluding hydrogens is 1170 g/mol. The zero-order valence-electron chi connectivity index (χ0n) is 54.5. The van der Waals surface area contributed by atoms with E-state index in [-0.39, 0.29) is 11.2 Å². The highest BCUT2D eigenvalue weighted by molar-refractivity contribution is 9.14. The molecule has 0 saturated carbocycles. The average Bonchev–Trinajstić information content (AvgIpc) is 2.44. The Bertz CT molecular complexity index is 1840. The first-order chi connectivity index (χ1) is 40.4. The molecule has 2 nitrogen and oxygen atoms in total. The van der Waals surface area contributed by atoms with E-state index in [9.17, 15) is 0 Å². The molecule has 0 radical (unpaired) electrons. The van der Waals surface area contributed by atoms with Crippen LogP contribution >= 0.6 is 55.0 Å². The molecule has 0 bridgehead atoms. The van der Waals surface area contributed by atoms with E-state index in [0.717, 1.165) is 37.2 Å². The van der Waals surface area contributed by atoms with Crippen molar-refractivity contribution in [3.8, 4) is 21.9 Å². The van der Waals surface area contributed by atoms with Crippen LogP contribution in [0.1, 0.15) is 404 Å². The first-order valence-electron chi connectivity index (χ1n) is 36.8. The Balaban J connectivity index is 1.26. The molecule has 0 fully saturated rings. The summed E-state index contributed by atoms with van der Waals surface area (Å²) in [6, 6.07) is 7.47.